The minimum atomic E-state index is -0.439. The van der Waals surface area contributed by atoms with Crippen molar-refractivity contribution in [1.29, 1.82) is 0 Å². The fraction of sp³-hybridized carbons (Fsp3) is 0.333. The first-order valence-electron chi connectivity index (χ1n) is 8.64. The summed E-state index contributed by atoms with van der Waals surface area (Å²) < 4.78 is 7.15. The number of carbonyl (C=O) groups excluding carboxylic acids is 1. The molecule has 0 spiro atoms. The SMILES string of the molecule is CC(NC(=O)OCCCCn1cnc2c(N)ncnc21)c1ccc(Cl)cc1. The molecular weight excluding hydrogens is 368 g/mol. The minimum Gasteiger partial charge on any atom is -0.450 e. The Kier molecular flexibility index (Phi) is 6.08. The number of nitrogens with two attached hydrogens (primary N) is 1. The van der Waals surface area contributed by atoms with Crippen LogP contribution in [0.25, 0.3) is 11.2 Å². The lowest BCUT2D eigenvalue weighted by atomic mass is 10.1. The summed E-state index contributed by atoms with van der Waals surface area (Å²) in [6, 6.07) is 7.17. The van der Waals surface area contributed by atoms with E-state index in [1.54, 1.807) is 18.5 Å². The Morgan fingerprint density at radius 2 is 2.04 bits per heavy atom. The van der Waals surface area contributed by atoms with Crippen molar-refractivity contribution in [3.05, 3.63) is 47.5 Å². The van der Waals surface area contributed by atoms with Gasteiger partial charge in [0, 0.05) is 11.6 Å². The molecule has 8 nitrogen and oxygen atoms in total. The normalized spacial score (nSPS) is 12.1. The highest BCUT2D eigenvalue weighted by Gasteiger charge is 2.11. The molecule has 0 aliphatic rings. The van der Waals surface area contributed by atoms with Gasteiger partial charge in [-0.2, -0.15) is 0 Å². The van der Waals surface area contributed by atoms with Gasteiger partial charge in [-0.25, -0.2) is 19.7 Å². The standard InChI is InChI=1S/C18H21ClN6O2/c1-12(13-4-6-14(19)7-5-13)24-18(26)27-9-3-2-8-25-11-23-15-16(20)21-10-22-17(15)25/h4-7,10-12H,2-3,8-9H2,1H3,(H,24,26)(H2,20,21,22). The van der Waals surface area contributed by atoms with Crippen molar-refractivity contribution >= 4 is 34.7 Å². The molecule has 0 radical (unpaired) electrons. The molecule has 9 heteroatoms. The van der Waals surface area contributed by atoms with Crippen molar-refractivity contribution in [3.8, 4) is 0 Å². The third-order valence-electron chi connectivity index (χ3n) is 4.16. The zero-order valence-electron chi connectivity index (χ0n) is 14.9. The van der Waals surface area contributed by atoms with E-state index in [1.807, 2.05) is 23.6 Å². The number of amides is 1. The number of nitrogens with zero attached hydrogens (tertiary/aromatic N) is 4. The van der Waals surface area contributed by atoms with Crippen molar-refractivity contribution in [3.63, 3.8) is 0 Å². The van der Waals surface area contributed by atoms with Gasteiger partial charge in [0.05, 0.1) is 19.0 Å². The second kappa shape index (κ2) is 8.68. The van der Waals surface area contributed by atoms with Gasteiger partial charge in [0.15, 0.2) is 11.5 Å². The molecular formula is C18H21ClN6O2. The highest BCUT2D eigenvalue weighted by atomic mass is 35.5. The maximum atomic E-state index is 11.9. The fourth-order valence-electron chi connectivity index (χ4n) is 2.66. The van der Waals surface area contributed by atoms with Gasteiger partial charge >= 0.3 is 6.09 Å². The summed E-state index contributed by atoms with van der Waals surface area (Å²) in [7, 11) is 0. The first-order chi connectivity index (χ1) is 13.0. The number of imidazole rings is 1. The molecule has 3 aromatic rings. The van der Waals surface area contributed by atoms with Crippen LogP contribution in [-0.4, -0.2) is 32.2 Å². The fourth-order valence-corrected chi connectivity index (χ4v) is 2.79. The smallest absolute Gasteiger partial charge is 0.407 e. The van der Waals surface area contributed by atoms with E-state index in [4.69, 9.17) is 22.1 Å². The number of alkyl carbamates (subject to hydrolysis) is 1. The van der Waals surface area contributed by atoms with Gasteiger partial charge in [-0.15, -0.1) is 0 Å². The van der Waals surface area contributed by atoms with Gasteiger partial charge in [-0.1, -0.05) is 23.7 Å². The second-order valence-corrected chi connectivity index (χ2v) is 6.57. The number of nitrogen functional groups attached to an aromatic ring is 1. The van der Waals surface area contributed by atoms with E-state index < -0.39 is 6.09 Å². The first-order valence-corrected chi connectivity index (χ1v) is 9.02. The Morgan fingerprint density at radius 3 is 2.81 bits per heavy atom. The molecule has 3 rings (SSSR count). The van der Waals surface area contributed by atoms with Crippen LogP contribution < -0.4 is 11.1 Å². The van der Waals surface area contributed by atoms with Crippen molar-refractivity contribution in [1.82, 2.24) is 24.8 Å². The number of halogens is 1. The van der Waals surface area contributed by atoms with E-state index in [0.717, 1.165) is 18.4 Å². The Hall–Kier alpha value is -2.87. The highest BCUT2D eigenvalue weighted by Crippen LogP contribution is 2.16. The number of hydrogen-bond donors (Lipinski definition) is 2. The maximum Gasteiger partial charge on any atom is 0.407 e. The molecule has 0 aliphatic carbocycles. The van der Waals surface area contributed by atoms with Crippen LogP contribution in [0.1, 0.15) is 31.4 Å². The lowest BCUT2D eigenvalue weighted by molar-refractivity contribution is 0.140. The van der Waals surface area contributed by atoms with Crippen molar-refractivity contribution in [2.45, 2.75) is 32.4 Å². The van der Waals surface area contributed by atoms with Crippen molar-refractivity contribution in [2.24, 2.45) is 0 Å². The summed E-state index contributed by atoms with van der Waals surface area (Å²) in [5.41, 5.74) is 8.04. The second-order valence-electron chi connectivity index (χ2n) is 6.13. The van der Waals surface area contributed by atoms with E-state index in [1.165, 1.54) is 6.33 Å². The molecule has 2 aromatic heterocycles. The topological polar surface area (TPSA) is 108 Å². The predicted octanol–water partition coefficient (Wildman–Crippen LogP) is 3.33. The van der Waals surface area contributed by atoms with Crippen LogP contribution in [0.15, 0.2) is 36.9 Å². The molecule has 27 heavy (non-hydrogen) atoms. The van der Waals surface area contributed by atoms with Crippen LogP contribution in [0, 0.1) is 0 Å². The number of rotatable bonds is 7. The van der Waals surface area contributed by atoms with Crippen LogP contribution in [-0.2, 0) is 11.3 Å². The predicted molar refractivity (Wildman–Crippen MR) is 103 cm³/mol. The van der Waals surface area contributed by atoms with E-state index >= 15 is 0 Å². The summed E-state index contributed by atoms with van der Waals surface area (Å²) >= 11 is 5.87. The summed E-state index contributed by atoms with van der Waals surface area (Å²) in [5.74, 6) is 0.369. The number of anilines is 1. The van der Waals surface area contributed by atoms with Gasteiger partial charge in [0.1, 0.15) is 11.8 Å². The van der Waals surface area contributed by atoms with E-state index in [9.17, 15) is 4.79 Å². The number of nitrogens with one attached hydrogen (secondary N) is 1. The van der Waals surface area contributed by atoms with Gasteiger partial charge in [0.25, 0.3) is 0 Å². The molecule has 1 unspecified atom stereocenters. The molecule has 2 heterocycles. The molecule has 3 N–H and O–H groups in total. The zero-order chi connectivity index (χ0) is 19.2. The third kappa shape index (κ3) is 4.85. The lowest BCUT2D eigenvalue weighted by Crippen LogP contribution is -2.27. The summed E-state index contributed by atoms with van der Waals surface area (Å²) in [4.78, 5) is 24.2. The maximum absolute atomic E-state index is 11.9. The van der Waals surface area contributed by atoms with E-state index in [2.05, 4.69) is 20.3 Å². The average molecular weight is 389 g/mol. The van der Waals surface area contributed by atoms with Gasteiger partial charge in [-0.3, -0.25) is 0 Å². The molecule has 142 valence electrons. The van der Waals surface area contributed by atoms with E-state index in [-0.39, 0.29) is 6.04 Å². The molecule has 1 atom stereocenters. The van der Waals surface area contributed by atoms with Crippen LogP contribution >= 0.6 is 11.6 Å². The van der Waals surface area contributed by atoms with E-state index in [0.29, 0.717) is 35.2 Å². The largest absolute Gasteiger partial charge is 0.450 e. The van der Waals surface area contributed by atoms with Crippen molar-refractivity contribution < 1.29 is 9.53 Å². The van der Waals surface area contributed by atoms with Crippen LogP contribution in [0.5, 0.6) is 0 Å². The number of ether oxygens (including phenoxy) is 1. The lowest BCUT2D eigenvalue weighted by Gasteiger charge is -2.14. The van der Waals surface area contributed by atoms with Crippen LogP contribution in [0.4, 0.5) is 10.6 Å². The first kappa shape index (κ1) is 18.9. The quantitative estimate of drug-likeness (QED) is 0.601. The Bertz CT molecular complexity index is 912. The average Bonchev–Trinajstić information content (AvgIpc) is 3.06. The molecule has 0 saturated heterocycles. The summed E-state index contributed by atoms with van der Waals surface area (Å²) in [5, 5.41) is 3.46. The summed E-state index contributed by atoms with van der Waals surface area (Å²) in [6.45, 7) is 2.93. The molecule has 0 aliphatic heterocycles. The van der Waals surface area contributed by atoms with Crippen LogP contribution in [0.3, 0.4) is 0 Å². The molecule has 1 aromatic carbocycles. The van der Waals surface area contributed by atoms with Gasteiger partial charge in [0.2, 0.25) is 0 Å². The molecule has 0 fully saturated rings. The van der Waals surface area contributed by atoms with Gasteiger partial charge < -0.3 is 20.4 Å². The highest BCUT2D eigenvalue weighted by molar-refractivity contribution is 6.30. The summed E-state index contributed by atoms with van der Waals surface area (Å²) in [6.07, 6.45) is 4.21. The number of fused-ring (bicyclic) bond motifs is 1. The number of carbonyl (C=O) groups is 1. The number of aromatic nitrogens is 4. The Labute approximate surface area is 161 Å². The monoisotopic (exact) mass is 388 g/mol. The zero-order valence-corrected chi connectivity index (χ0v) is 15.7. The Balaban J connectivity index is 1.39. The van der Waals surface area contributed by atoms with Crippen LogP contribution in [0.2, 0.25) is 5.02 Å². The number of hydrogen-bond acceptors (Lipinski definition) is 6. The Morgan fingerprint density at radius 1 is 1.26 bits per heavy atom. The van der Waals surface area contributed by atoms with Crippen molar-refractivity contribution in [2.75, 3.05) is 12.3 Å². The number of aryl methyl sites for hydroxylation is 1. The number of unbranched alkanes of at least 4 members (excludes halogenated alkanes) is 1. The third-order valence-corrected chi connectivity index (χ3v) is 4.41. The molecule has 0 saturated carbocycles. The molecule has 1 amide bonds. The number of benzene rings is 1. The minimum absolute atomic E-state index is 0.155. The van der Waals surface area contributed by atoms with Gasteiger partial charge in [-0.05, 0) is 37.5 Å². The molecule has 0 bridgehead atoms.